The Kier molecular flexibility index (Phi) is 5.95. The fourth-order valence-electron chi connectivity index (χ4n) is 3.95. The molecule has 1 saturated carbocycles. The largest absolute Gasteiger partial charge is 0.459 e. The third-order valence-corrected chi connectivity index (χ3v) is 6.35. The van der Waals surface area contributed by atoms with Gasteiger partial charge in [0.05, 0.1) is 17.6 Å². The summed E-state index contributed by atoms with van der Waals surface area (Å²) < 4.78 is 12.9. The van der Waals surface area contributed by atoms with Gasteiger partial charge < -0.3 is 18.7 Å². The number of nitrogens with zero attached hydrogens (tertiary/aromatic N) is 4. The minimum atomic E-state index is -0.219. The van der Waals surface area contributed by atoms with Crippen LogP contribution in [0.2, 0.25) is 0 Å². The number of rotatable bonds is 6. The SMILES string of the molecule is Cc1c(C#N)c(NC(=O)CSc2nnc(-c3ccco3)o2)n(C2CCCCC2)c1C. The topological polar surface area (TPSA) is 110 Å². The van der Waals surface area contributed by atoms with Crippen LogP contribution < -0.4 is 5.32 Å². The number of carbonyl (C=O) groups excluding carboxylic acids is 1. The van der Waals surface area contributed by atoms with E-state index < -0.39 is 0 Å². The quantitative estimate of drug-likeness (QED) is 0.562. The maximum absolute atomic E-state index is 12.7. The Morgan fingerprint density at radius 1 is 1.33 bits per heavy atom. The first-order valence-corrected chi connectivity index (χ1v) is 11.0. The molecule has 3 heterocycles. The molecule has 1 amide bonds. The minimum Gasteiger partial charge on any atom is -0.459 e. The van der Waals surface area contributed by atoms with Crippen molar-refractivity contribution in [3.63, 3.8) is 0 Å². The van der Waals surface area contributed by atoms with Crippen LogP contribution >= 0.6 is 11.8 Å². The Hall–Kier alpha value is -2.99. The van der Waals surface area contributed by atoms with E-state index in [0.717, 1.165) is 35.9 Å². The number of hydrogen-bond acceptors (Lipinski definition) is 7. The van der Waals surface area contributed by atoms with E-state index in [9.17, 15) is 10.1 Å². The highest BCUT2D eigenvalue weighted by Gasteiger charge is 2.26. The molecular formula is C21H23N5O3S. The molecule has 1 aliphatic carbocycles. The fraction of sp³-hybridized carbons (Fsp3) is 0.429. The molecule has 8 nitrogen and oxygen atoms in total. The molecule has 156 valence electrons. The Morgan fingerprint density at radius 3 is 2.83 bits per heavy atom. The number of carbonyl (C=O) groups is 1. The van der Waals surface area contributed by atoms with Crippen LogP contribution in [-0.4, -0.2) is 26.4 Å². The predicted molar refractivity (Wildman–Crippen MR) is 112 cm³/mol. The lowest BCUT2D eigenvalue weighted by Gasteiger charge is -2.27. The van der Waals surface area contributed by atoms with Crippen LogP contribution in [0.25, 0.3) is 11.7 Å². The summed E-state index contributed by atoms with van der Waals surface area (Å²) in [5.74, 6) is 1.23. The second-order valence-corrected chi connectivity index (χ2v) is 8.32. The third-order valence-electron chi connectivity index (χ3n) is 5.53. The lowest BCUT2D eigenvalue weighted by atomic mass is 9.95. The van der Waals surface area contributed by atoms with Crippen molar-refractivity contribution in [1.82, 2.24) is 14.8 Å². The summed E-state index contributed by atoms with van der Waals surface area (Å²) in [4.78, 5) is 12.7. The van der Waals surface area contributed by atoms with Gasteiger partial charge in [0.15, 0.2) is 5.76 Å². The monoisotopic (exact) mass is 425 g/mol. The Bertz CT molecular complexity index is 1070. The minimum absolute atomic E-state index is 0.0958. The second-order valence-electron chi connectivity index (χ2n) is 7.39. The van der Waals surface area contributed by atoms with Crippen molar-refractivity contribution < 1.29 is 13.6 Å². The summed E-state index contributed by atoms with van der Waals surface area (Å²) in [6, 6.07) is 6.04. The molecule has 9 heteroatoms. The van der Waals surface area contributed by atoms with E-state index in [0.29, 0.717) is 23.2 Å². The molecule has 4 rings (SSSR count). The van der Waals surface area contributed by atoms with Gasteiger partial charge in [0.1, 0.15) is 11.9 Å². The third kappa shape index (κ3) is 4.00. The molecule has 0 unspecified atom stereocenters. The van der Waals surface area contributed by atoms with Crippen molar-refractivity contribution in [2.24, 2.45) is 0 Å². The van der Waals surface area contributed by atoms with Gasteiger partial charge in [0.25, 0.3) is 11.1 Å². The zero-order valence-electron chi connectivity index (χ0n) is 17.0. The zero-order valence-corrected chi connectivity index (χ0v) is 17.8. The average molecular weight is 426 g/mol. The highest BCUT2D eigenvalue weighted by molar-refractivity contribution is 7.99. The summed E-state index contributed by atoms with van der Waals surface area (Å²) in [6.45, 7) is 3.95. The van der Waals surface area contributed by atoms with E-state index in [1.807, 2.05) is 13.8 Å². The van der Waals surface area contributed by atoms with Crippen LogP contribution in [0.4, 0.5) is 5.82 Å². The molecular weight excluding hydrogens is 402 g/mol. The van der Waals surface area contributed by atoms with Gasteiger partial charge >= 0.3 is 0 Å². The molecule has 0 saturated heterocycles. The molecule has 1 fully saturated rings. The van der Waals surface area contributed by atoms with Crippen LogP contribution in [0.15, 0.2) is 32.5 Å². The van der Waals surface area contributed by atoms with Gasteiger partial charge in [0.2, 0.25) is 5.91 Å². The molecule has 0 radical (unpaired) electrons. The van der Waals surface area contributed by atoms with Crippen molar-refractivity contribution in [2.75, 3.05) is 11.1 Å². The number of amides is 1. The molecule has 0 spiro atoms. The number of furan rings is 1. The van der Waals surface area contributed by atoms with Crippen molar-refractivity contribution in [3.05, 3.63) is 35.2 Å². The summed E-state index contributed by atoms with van der Waals surface area (Å²) in [5.41, 5.74) is 2.50. The maximum Gasteiger partial charge on any atom is 0.284 e. The van der Waals surface area contributed by atoms with Crippen molar-refractivity contribution >= 4 is 23.5 Å². The van der Waals surface area contributed by atoms with E-state index in [1.54, 1.807) is 12.1 Å². The first kappa shape index (κ1) is 20.3. The van der Waals surface area contributed by atoms with Crippen molar-refractivity contribution in [1.29, 1.82) is 5.26 Å². The van der Waals surface area contributed by atoms with Crippen LogP contribution in [0.1, 0.15) is 55.0 Å². The number of aromatic nitrogens is 3. The molecule has 0 atom stereocenters. The highest BCUT2D eigenvalue weighted by Crippen LogP contribution is 2.37. The Labute approximate surface area is 178 Å². The molecule has 30 heavy (non-hydrogen) atoms. The summed E-state index contributed by atoms with van der Waals surface area (Å²) in [7, 11) is 0. The summed E-state index contributed by atoms with van der Waals surface area (Å²) in [5, 5.41) is 20.8. The highest BCUT2D eigenvalue weighted by atomic mass is 32.2. The first-order valence-electron chi connectivity index (χ1n) is 10.00. The van der Waals surface area contributed by atoms with Crippen LogP contribution in [0, 0.1) is 25.2 Å². The molecule has 3 aromatic rings. The normalized spacial score (nSPS) is 14.6. The van der Waals surface area contributed by atoms with Gasteiger partial charge in [-0.25, -0.2) is 0 Å². The number of nitriles is 1. The average Bonchev–Trinajstić information content (AvgIpc) is 3.48. The molecule has 0 aliphatic heterocycles. The van der Waals surface area contributed by atoms with E-state index in [4.69, 9.17) is 8.83 Å². The van der Waals surface area contributed by atoms with Crippen LogP contribution in [-0.2, 0) is 4.79 Å². The van der Waals surface area contributed by atoms with E-state index in [1.165, 1.54) is 25.5 Å². The van der Waals surface area contributed by atoms with Gasteiger partial charge in [-0.1, -0.05) is 31.0 Å². The smallest absolute Gasteiger partial charge is 0.284 e. The van der Waals surface area contributed by atoms with E-state index in [-0.39, 0.29) is 22.8 Å². The standard InChI is InChI=1S/C21H23N5O3S/c1-13-14(2)26(15-7-4-3-5-8-15)19(16(13)11-22)23-18(27)12-30-21-25-24-20(29-21)17-9-6-10-28-17/h6,9-10,15H,3-5,7-8,12H2,1-2H3,(H,23,27). The lowest BCUT2D eigenvalue weighted by Crippen LogP contribution is -2.21. The van der Waals surface area contributed by atoms with Crippen molar-refractivity contribution in [3.8, 4) is 17.7 Å². The van der Waals surface area contributed by atoms with Gasteiger partial charge in [-0.05, 0) is 44.4 Å². The zero-order chi connectivity index (χ0) is 21.1. The summed E-state index contributed by atoms with van der Waals surface area (Å²) >= 11 is 1.15. The van der Waals surface area contributed by atoms with Crippen LogP contribution in [0.5, 0.6) is 0 Å². The number of thioether (sulfide) groups is 1. The Balaban J connectivity index is 1.47. The number of hydrogen-bond donors (Lipinski definition) is 1. The molecule has 0 bridgehead atoms. The van der Waals surface area contributed by atoms with E-state index >= 15 is 0 Å². The fourth-order valence-corrected chi connectivity index (χ4v) is 4.51. The second kappa shape index (κ2) is 8.79. The number of anilines is 1. The molecule has 1 aliphatic rings. The van der Waals surface area contributed by atoms with Crippen LogP contribution in [0.3, 0.4) is 0 Å². The predicted octanol–water partition coefficient (Wildman–Crippen LogP) is 4.86. The molecule has 1 N–H and O–H groups in total. The van der Waals surface area contributed by atoms with Gasteiger partial charge in [0, 0.05) is 11.7 Å². The maximum atomic E-state index is 12.7. The summed E-state index contributed by atoms with van der Waals surface area (Å²) in [6.07, 6.45) is 7.23. The van der Waals surface area contributed by atoms with Gasteiger partial charge in [-0.15, -0.1) is 10.2 Å². The first-order chi connectivity index (χ1) is 14.6. The Morgan fingerprint density at radius 2 is 2.13 bits per heavy atom. The van der Waals surface area contributed by atoms with Crippen molar-refractivity contribution in [2.45, 2.75) is 57.2 Å². The molecule has 3 aromatic heterocycles. The van der Waals surface area contributed by atoms with E-state index in [2.05, 4.69) is 26.2 Å². The lowest BCUT2D eigenvalue weighted by molar-refractivity contribution is -0.113. The number of nitrogens with one attached hydrogen (secondary N) is 1. The van der Waals surface area contributed by atoms with Gasteiger partial charge in [-0.3, -0.25) is 4.79 Å². The molecule has 0 aromatic carbocycles. The van der Waals surface area contributed by atoms with Gasteiger partial charge in [-0.2, -0.15) is 5.26 Å².